The fraction of sp³-hybridized carbons (Fsp3) is 0.292. The quantitative estimate of drug-likeness (QED) is 0.553. The van der Waals surface area contributed by atoms with E-state index in [0.29, 0.717) is 36.5 Å². The lowest BCUT2D eigenvalue weighted by atomic mass is 10.1. The average molecular weight is 460 g/mol. The summed E-state index contributed by atoms with van der Waals surface area (Å²) < 4.78 is 7.59. The van der Waals surface area contributed by atoms with E-state index >= 15 is 0 Å². The third-order valence-corrected chi connectivity index (χ3v) is 6.06. The molecular weight excluding hydrogens is 436 g/mol. The van der Waals surface area contributed by atoms with Crippen LogP contribution < -0.4 is 9.64 Å². The molecular formula is C24H24N6O4. The highest BCUT2D eigenvalue weighted by Crippen LogP contribution is 2.30. The van der Waals surface area contributed by atoms with Gasteiger partial charge in [0.2, 0.25) is 5.91 Å². The van der Waals surface area contributed by atoms with Gasteiger partial charge >= 0.3 is 0 Å². The Kier molecular flexibility index (Phi) is 5.48. The number of hydrogen-bond donors (Lipinski definition) is 0. The highest BCUT2D eigenvalue weighted by atomic mass is 16.5. The first-order valence-corrected chi connectivity index (χ1v) is 11.0. The topological polar surface area (TPSA) is 101 Å². The first-order valence-electron chi connectivity index (χ1n) is 11.0. The summed E-state index contributed by atoms with van der Waals surface area (Å²) in [5.41, 5.74) is 2.89. The fourth-order valence-electron chi connectivity index (χ4n) is 4.15. The van der Waals surface area contributed by atoms with Crippen molar-refractivity contribution < 1.29 is 19.1 Å². The average Bonchev–Trinajstić information content (AvgIpc) is 3.56. The molecule has 34 heavy (non-hydrogen) atoms. The molecule has 2 aromatic carbocycles. The van der Waals surface area contributed by atoms with Crippen molar-refractivity contribution >= 4 is 23.4 Å². The van der Waals surface area contributed by atoms with Crippen molar-refractivity contribution in [1.82, 2.24) is 24.6 Å². The maximum atomic E-state index is 13.1. The van der Waals surface area contributed by atoms with E-state index in [2.05, 4.69) is 10.1 Å². The van der Waals surface area contributed by atoms with Gasteiger partial charge in [0.05, 0.1) is 5.69 Å². The minimum absolute atomic E-state index is 0.0318. The number of nitrogens with zero attached hydrogens (tertiary/aromatic N) is 6. The molecule has 10 heteroatoms. The third kappa shape index (κ3) is 3.98. The first kappa shape index (κ1) is 21.6. The van der Waals surface area contributed by atoms with Crippen LogP contribution in [0.25, 0.3) is 5.69 Å². The van der Waals surface area contributed by atoms with E-state index in [-0.39, 0.29) is 24.3 Å². The van der Waals surface area contributed by atoms with Crippen molar-refractivity contribution in [3.05, 3.63) is 66.2 Å². The molecule has 10 nitrogen and oxygen atoms in total. The molecule has 1 saturated heterocycles. The predicted molar refractivity (Wildman–Crippen MR) is 123 cm³/mol. The van der Waals surface area contributed by atoms with Crippen LogP contribution in [0.5, 0.6) is 5.75 Å². The van der Waals surface area contributed by atoms with Crippen LogP contribution in [0.4, 0.5) is 5.69 Å². The van der Waals surface area contributed by atoms with Crippen LogP contribution in [0, 0.1) is 0 Å². The number of aromatic nitrogens is 3. The van der Waals surface area contributed by atoms with E-state index in [1.165, 1.54) is 16.1 Å². The van der Waals surface area contributed by atoms with Crippen molar-refractivity contribution in [1.29, 1.82) is 0 Å². The molecule has 1 atom stereocenters. The van der Waals surface area contributed by atoms with E-state index in [1.54, 1.807) is 48.2 Å². The number of rotatable bonds is 6. The predicted octanol–water partition coefficient (Wildman–Crippen LogP) is 1.50. The summed E-state index contributed by atoms with van der Waals surface area (Å²) in [5, 5.41) is 4.09. The summed E-state index contributed by atoms with van der Waals surface area (Å²) in [6, 6.07) is 12.7. The largest absolute Gasteiger partial charge is 0.481 e. The summed E-state index contributed by atoms with van der Waals surface area (Å²) in [6.07, 6.45) is 3.01. The zero-order chi connectivity index (χ0) is 23.8. The number of amides is 3. The number of benzene rings is 2. The molecule has 0 radical (unpaired) electrons. The van der Waals surface area contributed by atoms with Gasteiger partial charge in [-0.1, -0.05) is 6.07 Å². The second-order valence-corrected chi connectivity index (χ2v) is 8.51. The molecule has 174 valence electrons. The van der Waals surface area contributed by atoms with Crippen molar-refractivity contribution in [3.8, 4) is 11.4 Å². The lowest BCUT2D eigenvalue weighted by Crippen LogP contribution is -2.36. The van der Waals surface area contributed by atoms with Crippen LogP contribution in [-0.2, 0) is 16.1 Å². The normalized spacial score (nSPS) is 17.3. The monoisotopic (exact) mass is 460 g/mol. The van der Waals surface area contributed by atoms with Gasteiger partial charge in [0.1, 0.15) is 24.9 Å². The minimum atomic E-state index is -0.601. The lowest BCUT2D eigenvalue weighted by Gasteiger charge is -2.18. The van der Waals surface area contributed by atoms with Gasteiger partial charge in [0.15, 0.2) is 6.10 Å². The summed E-state index contributed by atoms with van der Waals surface area (Å²) in [4.78, 5) is 46.5. The van der Waals surface area contributed by atoms with E-state index < -0.39 is 6.10 Å². The van der Waals surface area contributed by atoms with E-state index in [0.717, 1.165) is 11.3 Å². The molecule has 1 aromatic heterocycles. The summed E-state index contributed by atoms with van der Waals surface area (Å²) in [6.45, 7) is 0.915. The summed E-state index contributed by atoms with van der Waals surface area (Å²) >= 11 is 0. The maximum Gasteiger partial charge on any atom is 0.268 e. The maximum absolute atomic E-state index is 13.1. The molecule has 0 N–H and O–H groups in total. The molecule has 3 amide bonds. The Balaban J connectivity index is 1.26. The van der Waals surface area contributed by atoms with Crippen LogP contribution >= 0.6 is 0 Å². The molecule has 3 heterocycles. The molecule has 3 aromatic rings. The Morgan fingerprint density at radius 1 is 1.12 bits per heavy atom. The fourth-order valence-corrected chi connectivity index (χ4v) is 4.15. The molecule has 0 aliphatic carbocycles. The van der Waals surface area contributed by atoms with Crippen molar-refractivity contribution in [2.45, 2.75) is 19.1 Å². The second kappa shape index (κ2) is 8.62. The van der Waals surface area contributed by atoms with E-state index in [1.807, 2.05) is 24.3 Å². The Morgan fingerprint density at radius 2 is 1.88 bits per heavy atom. The van der Waals surface area contributed by atoms with Crippen LogP contribution in [0.15, 0.2) is 55.1 Å². The number of fused-ring (bicyclic) bond motifs is 1. The SMILES string of the molecule is CN(C)C(=O)CN1Cc2ccc(N3CCC(Oc4ccc(-n5cncn5)cc4)C3=O)cc2C1=O. The molecule has 0 spiro atoms. The third-order valence-electron chi connectivity index (χ3n) is 6.06. The number of anilines is 1. The Bertz CT molecular complexity index is 1240. The molecule has 0 saturated carbocycles. The van der Waals surface area contributed by atoms with Gasteiger partial charge < -0.3 is 19.4 Å². The highest BCUT2D eigenvalue weighted by molar-refractivity contribution is 6.03. The number of carbonyl (C=O) groups is 3. The highest BCUT2D eigenvalue weighted by Gasteiger charge is 2.36. The van der Waals surface area contributed by atoms with Gasteiger partial charge in [-0.15, -0.1) is 0 Å². The van der Waals surface area contributed by atoms with Crippen molar-refractivity contribution in [2.24, 2.45) is 0 Å². The van der Waals surface area contributed by atoms with Crippen molar-refractivity contribution in [3.63, 3.8) is 0 Å². The molecule has 2 aliphatic heterocycles. The molecule has 5 rings (SSSR count). The number of ether oxygens (including phenoxy) is 1. The van der Waals surface area contributed by atoms with Crippen LogP contribution in [-0.4, -0.2) is 75.6 Å². The zero-order valence-electron chi connectivity index (χ0n) is 18.9. The van der Waals surface area contributed by atoms with Crippen LogP contribution in [0.1, 0.15) is 22.3 Å². The minimum Gasteiger partial charge on any atom is -0.481 e. The summed E-state index contributed by atoms with van der Waals surface area (Å²) in [5.74, 6) is 0.115. The van der Waals surface area contributed by atoms with E-state index in [9.17, 15) is 14.4 Å². The summed E-state index contributed by atoms with van der Waals surface area (Å²) in [7, 11) is 3.33. The van der Waals surface area contributed by atoms with Crippen LogP contribution in [0.2, 0.25) is 0 Å². The van der Waals surface area contributed by atoms with Gasteiger partial charge in [-0.3, -0.25) is 14.4 Å². The zero-order valence-corrected chi connectivity index (χ0v) is 18.9. The Labute approximate surface area is 196 Å². The van der Waals surface area contributed by atoms with Gasteiger partial charge in [0.25, 0.3) is 11.8 Å². The molecule has 1 unspecified atom stereocenters. The van der Waals surface area contributed by atoms with Gasteiger partial charge in [-0.2, -0.15) is 5.10 Å². The number of likely N-dealkylation sites (N-methyl/N-ethyl adjacent to an activating group) is 1. The van der Waals surface area contributed by atoms with Crippen LogP contribution in [0.3, 0.4) is 0 Å². The number of carbonyl (C=O) groups excluding carboxylic acids is 3. The smallest absolute Gasteiger partial charge is 0.268 e. The second-order valence-electron chi connectivity index (χ2n) is 8.51. The first-order chi connectivity index (χ1) is 16.4. The van der Waals surface area contributed by atoms with Gasteiger partial charge in [-0.05, 0) is 42.0 Å². The molecule has 2 aliphatic rings. The lowest BCUT2D eigenvalue weighted by molar-refractivity contribution is -0.129. The molecule has 0 bridgehead atoms. The van der Waals surface area contributed by atoms with Gasteiger partial charge in [-0.25, -0.2) is 9.67 Å². The Morgan fingerprint density at radius 3 is 2.59 bits per heavy atom. The van der Waals surface area contributed by atoms with Gasteiger partial charge in [0, 0.05) is 44.9 Å². The molecule has 1 fully saturated rings. The van der Waals surface area contributed by atoms with Crippen molar-refractivity contribution in [2.75, 3.05) is 32.1 Å². The standard InChI is InChI=1S/C24H24N6O4/c1-27(2)22(31)13-28-12-16-3-4-18(11-20(16)23(28)32)29-10-9-21(24(29)33)34-19-7-5-17(6-8-19)30-15-25-14-26-30/h3-8,11,14-15,21H,9-10,12-13H2,1-2H3. The number of hydrogen-bond acceptors (Lipinski definition) is 6. The Hall–Kier alpha value is -4.21. The van der Waals surface area contributed by atoms with E-state index in [4.69, 9.17) is 4.74 Å².